The summed E-state index contributed by atoms with van der Waals surface area (Å²) in [6.45, 7) is 0. The van der Waals surface area contributed by atoms with Crippen LogP contribution < -0.4 is 10.9 Å². The van der Waals surface area contributed by atoms with Gasteiger partial charge in [-0.15, -0.1) is 0 Å². The third-order valence-electron chi connectivity index (χ3n) is 2.41. The number of pyridine rings is 1. The third kappa shape index (κ3) is 2.18. The molecular formula is C11H9N7O. The number of hydrogen-bond donors (Lipinski definition) is 3. The summed E-state index contributed by atoms with van der Waals surface area (Å²) in [6, 6.07) is 5.09. The van der Waals surface area contributed by atoms with E-state index in [0.29, 0.717) is 22.7 Å². The van der Waals surface area contributed by atoms with Crippen molar-refractivity contribution in [3.8, 4) is 0 Å². The van der Waals surface area contributed by atoms with Crippen LogP contribution in [0.25, 0.3) is 11.2 Å². The number of H-pyrrole nitrogens is 1. The van der Waals surface area contributed by atoms with Gasteiger partial charge in [-0.3, -0.25) is 20.6 Å². The van der Waals surface area contributed by atoms with Gasteiger partial charge in [0.25, 0.3) is 5.91 Å². The van der Waals surface area contributed by atoms with Crippen molar-refractivity contribution in [2.75, 3.05) is 5.43 Å². The molecule has 0 aromatic carbocycles. The largest absolute Gasteiger partial charge is 0.340 e. The van der Waals surface area contributed by atoms with Crippen molar-refractivity contribution in [2.45, 2.75) is 0 Å². The topological polar surface area (TPSA) is 108 Å². The molecule has 3 heterocycles. The fraction of sp³-hybridized carbons (Fsp3) is 0. The first kappa shape index (κ1) is 11.1. The lowest BCUT2D eigenvalue weighted by atomic mass is 10.3. The fourth-order valence-electron chi connectivity index (χ4n) is 1.54. The molecule has 0 bridgehead atoms. The van der Waals surface area contributed by atoms with Gasteiger partial charge in [0.15, 0.2) is 11.5 Å². The van der Waals surface area contributed by atoms with Crippen molar-refractivity contribution in [1.29, 1.82) is 0 Å². The molecule has 0 fully saturated rings. The van der Waals surface area contributed by atoms with E-state index < -0.39 is 0 Å². The summed E-state index contributed by atoms with van der Waals surface area (Å²) in [5, 5.41) is 0. The number of amides is 1. The maximum atomic E-state index is 11.8. The van der Waals surface area contributed by atoms with Crippen LogP contribution in [-0.2, 0) is 0 Å². The number of rotatable bonds is 3. The molecule has 3 aromatic heterocycles. The number of hydrogen-bond acceptors (Lipinski definition) is 6. The Labute approximate surface area is 107 Å². The van der Waals surface area contributed by atoms with Crippen LogP contribution in [0.3, 0.4) is 0 Å². The Kier molecular flexibility index (Phi) is 2.73. The number of imidazole rings is 1. The van der Waals surface area contributed by atoms with Gasteiger partial charge in [-0.2, -0.15) is 0 Å². The van der Waals surface area contributed by atoms with E-state index in [-0.39, 0.29) is 5.91 Å². The first-order valence-electron chi connectivity index (χ1n) is 5.46. The fourth-order valence-corrected chi connectivity index (χ4v) is 1.54. The quantitative estimate of drug-likeness (QED) is 0.588. The lowest BCUT2D eigenvalue weighted by Crippen LogP contribution is -2.30. The van der Waals surface area contributed by atoms with Crippen LogP contribution in [0, 0.1) is 0 Å². The molecule has 0 atom stereocenters. The van der Waals surface area contributed by atoms with Crippen molar-refractivity contribution >= 4 is 22.9 Å². The monoisotopic (exact) mass is 255 g/mol. The van der Waals surface area contributed by atoms with Crippen molar-refractivity contribution < 1.29 is 4.79 Å². The zero-order valence-electron chi connectivity index (χ0n) is 9.66. The van der Waals surface area contributed by atoms with Gasteiger partial charge in [0.1, 0.15) is 17.5 Å². The molecule has 0 aliphatic heterocycles. The minimum atomic E-state index is -0.355. The van der Waals surface area contributed by atoms with Gasteiger partial charge in [0, 0.05) is 6.20 Å². The number of nitrogens with zero attached hydrogens (tertiary/aromatic N) is 4. The van der Waals surface area contributed by atoms with Crippen LogP contribution in [0.5, 0.6) is 0 Å². The van der Waals surface area contributed by atoms with E-state index in [0.717, 1.165) is 0 Å². The van der Waals surface area contributed by atoms with E-state index >= 15 is 0 Å². The molecule has 0 unspecified atom stereocenters. The first-order chi connectivity index (χ1) is 9.34. The smallest absolute Gasteiger partial charge is 0.288 e. The summed E-state index contributed by atoms with van der Waals surface area (Å²) in [7, 11) is 0. The average Bonchev–Trinajstić information content (AvgIpc) is 2.94. The molecule has 3 N–H and O–H groups in total. The summed E-state index contributed by atoms with van der Waals surface area (Å²) in [5.41, 5.74) is 6.66. The molecule has 3 aromatic rings. The number of carbonyl (C=O) groups is 1. The second kappa shape index (κ2) is 4.69. The lowest BCUT2D eigenvalue weighted by molar-refractivity contribution is 0.0957. The molecule has 0 spiro atoms. The van der Waals surface area contributed by atoms with E-state index in [2.05, 4.69) is 35.8 Å². The normalized spacial score (nSPS) is 10.3. The maximum absolute atomic E-state index is 11.8. The molecule has 0 aliphatic rings. The molecular weight excluding hydrogens is 246 g/mol. The number of carbonyl (C=O) groups excluding carboxylic acids is 1. The Bertz CT molecular complexity index is 709. The maximum Gasteiger partial charge on any atom is 0.288 e. The van der Waals surface area contributed by atoms with Crippen LogP contribution in [0.2, 0.25) is 0 Å². The summed E-state index contributed by atoms with van der Waals surface area (Å²) in [5.74, 6) is 0.0821. The molecule has 0 radical (unpaired) electrons. The highest BCUT2D eigenvalue weighted by Crippen LogP contribution is 2.12. The van der Waals surface area contributed by atoms with Gasteiger partial charge < -0.3 is 4.98 Å². The van der Waals surface area contributed by atoms with Crippen LogP contribution in [0.4, 0.5) is 5.82 Å². The molecule has 94 valence electrons. The second-order valence-corrected chi connectivity index (χ2v) is 3.62. The highest BCUT2D eigenvalue weighted by molar-refractivity contribution is 5.93. The van der Waals surface area contributed by atoms with Gasteiger partial charge in [0.2, 0.25) is 0 Å². The number of aromatic amines is 1. The molecule has 0 aliphatic carbocycles. The lowest BCUT2D eigenvalue weighted by Gasteiger charge is -2.07. The molecule has 8 heteroatoms. The van der Waals surface area contributed by atoms with E-state index in [1.165, 1.54) is 12.7 Å². The van der Waals surface area contributed by atoms with Gasteiger partial charge in [-0.1, -0.05) is 6.07 Å². The number of hydrazine groups is 1. The highest BCUT2D eigenvalue weighted by Gasteiger charge is 2.08. The van der Waals surface area contributed by atoms with E-state index in [1.54, 1.807) is 24.4 Å². The second-order valence-electron chi connectivity index (χ2n) is 3.62. The number of nitrogens with one attached hydrogen (secondary N) is 3. The Balaban J connectivity index is 1.76. The van der Waals surface area contributed by atoms with Crippen molar-refractivity contribution in [2.24, 2.45) is 0 Å². The van der Waals surface area contributed by atoms with Crippen molar-refractivity contribution in [3.05, 3.63) is 42.7 Å². The van der Waals surface area contributed by atoms with Gasteiger partial charge in [-0.05, 0) is 12.1 Å². The predicted octanol–water partition coefficient (Wildman–Crippen LogP) is 0.505. The first-order valence-corrected chi connectivity index (χ1v) is 5.46. The van der Waals surface area contributed by atoms with Gasteiger partial charge in [0.05, 0.1) is 6.33 Å². The summed E-state index contributed by atoms with van der Waals surface area (Å²) in [6.07, 6.45) is 4.41. The van der Waals surface area contributed by atoms with E-state index in [4.69, 9.17) is 0 Å². The van der Waals surface area contributed by atoms with Gasteiger partial charge >= 0.3 is 0 Å². The van der Waals surface area contributed by atoms with Crippen LogP contribution >= 0.6 is 0 Å². The molecule has 19 heavy (non-hydrogen) atoms. The summed E-state index contributed by atoms with van der Waals surface area (Å²) < 4.78 is 0. The van der Waals surface area contributed by atoms with E-state index in [9.17, 15) is 4.79 Å². The van der Waals surface area contributed by atoms with Crippen LogP contribution in [0.15, 0.2) is 37.1 Å². The van der Waals surface area contributed by atoms with Crippen LogP contribution in [0.1, 0.15) is 10.5 Å². The standard InChI is InChI=1S/C11H9N7O/c19-11(7-3-1-2-4-12-7)18-17-10-8-9(14-5-13-8)15-6-16-10/h1-6H,(H,18,19)(H2,13,14,15,16,17). The van der Waals surface area contributed by atoms with E-state index in [1.807, 2.05) is 0 Å². The minimum Gasteiger partial charge on any atom is -0.340 e. The zero-order valence-corrected chi connectivity index (χ0v) is 9.66. The third-order valence-corrected chi connectivity index (χ3v) is 2.41. The number of fused-ring (bicyclic) bond motifs is 1. The number of anilines is 1. The Morgan fingerprint density at radius 2 is 2.11 bits per heavy atom. The molecule has 0 saturated carbocycles. The van der Waals surface area contributed by atoms with Crippen molar-refractivity contribution in [1.82, 2.24) is 30.3 Å². The molecule has 8 nitrogen and oxygen atoms in total. The average molecular weight is 255 g/mol. The number of aromatic nitrogens is 5. The van der Waals surface area contributed by atoms with Gasteiger partial charge in [-0.25, -0.2) is 15.0 Å². The van der Waals surface area contributed by atoms with Crippen molar-refractivity contribution in [3.63, 3.8) is 0 Å². The summed E-state index contributed by atoms with van der Waals surface area (Å²) >= 11 is 0. The molecule has 3 rings (SSSR count). The highest BCUT2D eigenvalue weighted by atomic mass is 16.2. The Hall–Kier alpha value is -3.03. The SMILES string of the molecule is O=C(NNc1ncnc2nc[nH]c12)c1ccccn1. The Morgan fingerprint density at radius 3 is 2.95 bits per heavy atom. The predicted molar refractivity (Wildman–Crippen MR) is 67.0 cm³/mol. The Morgan fingerprint density at radius 1 is 1.16 bits per heavy atom. The molecule has 0 saturated heterocycles. The summed E-state index contributed by atoms with van der Waals surface area (Å²) in [4.78, 5) is 30.6. The molecule has 1 amide bonds. The minimum absolute atomic E-state index is 0.310. The van der Waals surface area contributed by atoms with Crippen LogP contribution in [-0.4, -0.2) is 30.8 Å². The zero-order chi connectivity index (χ0) is 13.1.